The molecule has 1 heterocycles. The molecule has 0 saturated carbocycles. The summed E-state index contributed by atoms with van der Waals surface area (Å²) in [4.78, 5) is 10.5. The largest absolute Gasteiger partial charge is 0.478 e. The number of aryl methyl sites for hydroxylation is 1. The van der Waals surface area contributed by atoms with Gasteiger partial charge in [-0.3, -0.25) is 0 Å². The van der Waals surface area contributed by atoms with E-state index in [1.807, 2.05) is 32.0 Å². The molecule has 0 radical (unpaired) electrons. The van der Waals surface area contributed by atoms with E-state index in [0.717, 1.165) is 28.6 Å². The monoisotopic (exact) mass is 276 g/mol. The minimum atomic E-state index is -0.981. The first-order chi connectivity index (χ1) is 8.99. The van der Waals surface area contributed by atoms with Crippen molar-refractivity contribution in [3.63, 3.8) is 0 Å². The highest BCUT2D eigenvalue weighted by Gasteiger charge is 2.07. The molecule has 0 aliphatic rings. The second-order valence-corrected chi connectivity index (χ2v) is 4.61. The Morgan fingerprint density at radius 2 is 2.16 bits per heavy atom. The Kier molecular flexibility index (Phi) is 3.71. The van der Waals surface area contributed by atoms with Gasteiger partial charge in [0.15, 0.2) is 0 Å². The lowest BCUT2D eigenvalue weighted by atomic mass is 10.2. The van der Waals surface area contributed by atoms with Gasteiger partial charge in [0.05, 0.1) is 11.9 Å². The van der Waals surface area contributed by atoms with E-state index in [2.05, 4.69) is 5.10 Å². The third-order valence-corrected chi connectivity index (χ3v) is 3.26. The topological polar surface area (TPSA) is 55.1 Å². The molecule has 5 heteroatoms. The molecule has 1 N–H and O–H groups in total. The molecule has 2 rings (SSSR count). The molecule has 98 valence electrons. The number of hydrogen-bond acceptors (Lipinski definition) is 2. The third-order valence-electron chi connectivity index (χ3n) is 2.85. The van der Waals surface area contributed by atoms with E-state index in [4.69, 9.17) is 16.7 Å². The van der Waals surface area contributed by atoms with Crippen LogP contribution in [0.2, 0.25) is 5.02 Å². The summed E-state index contributed by atoms with van der Waals surface area (Å²) in [7, 11) is 0. The predicted octanol–water partition coefficient (Wildman–Crippen LogP) is 3.24. The molecule has 0 unspecified atom stereocenters. The van der Waals surface area contributed by atoms with Crippen molar-refractivity contribution in [2.45, 2.75) is 13.8 Å². The van der Waals surface area contributed by atoms with Gasteiger partial charge in [-0.2, -0.15) is 5.10 Å². The summed E-state index contributed by atoms with van der Waals surface area (Å²) in [5, 5.41) is 13.5. The van der Waals surface area contributed by atoms with Crippen molar-refractivity contribution in [1.29, 1.82) is 0 Å². The normalized spacial score (nSPS) is 11.1. The van der Waals surface area contributed by atoms with E-state index in [-0.39, 0.29) is 0 Å². The predicted molar refractivity (Wildman–Crippen MR) is 74.7 cm³/mol. The molecule has 0 aliphatic heterocycles. The molecular formula is C14H13ClN2O2. The van der Waals surface area contributed by atoms with Gasteiger partial charge in [-0.15, -0.1) is 0 Å². The van der Waals surface area contributed by atoms with Gasteiger partial charge >= 0.3 is 5.97 Å². The first-order valence-corrected chi connectivity index (χ1v) is 6.09. The Morgan fingerprint density at radius 3 is 2.79 bits per heavy atom. The maximum atomic E-state index is 10.5. The van der Waals surface area contributed by atoms with Crippen LogP contribution in [-0.2, 0) is 4.79 Å². The summed E-state index contributed by atoms with van der Waals surface area (Å²) in [6, 6.07) is 5.68. The molecule has 1 aromatic heterocycles. The van der Waals surface area contributed by atoms with E-state index in [1.165, 1.54) is 6.08 Å². The molecule has 0 saturated heterocycles. The lowest BCUT2D eigenvalue weighted by Crippen LogP contribution is -1.99. The number of carboxylic acids is 1. The van der Waals surface area contributed by atoms with Gasteiger partial charge < -0.3 is 5.11 Å². The van der Waals surface area contributed by atoms with E-state index in [0.29, 0.717) is 5.02 Å². The number of hydrogen-bond donors (Lipinski definition) is 1. The molecule has 0 fully saturated rings. The second kappa shape index (κ2) is 5.28. The quantitative estimate of drug-likeness (QED) is 0.876. The highest BCUT2D eigenvalue weighted by atomic mass is 35.5. The van der Waals surface area contributed by atoms with Crippen molar-refractivity contribution in [2.24, 2.45) is 0 Å². The smallest absolute Gasteiger partial charge is 0.328 e. The fourth-order valence-corrected chi connectivity index (χ4v) is 1.90. The van der Waals surface area contributed by atoms with Gasteiger partial charge in [0, 0.05) is 22.4 Å². The Balaban J connectivity index is 2.41. The summed E-state index contributed by atoms with van der Waals surface area (Å²) in [6.45, 7) is 3.81. The van der Waals surface area contributed by atoms with Gasteiger partial charge in [-0.05, 0) is 37.6 Å². The molecule has 0 spiro atoms. The Hall–Kier alpha value is -2.07. The van der Waals surface area contributed by atoms with Gasteiger partial charge in [-0.25, -0.2) is 9.48 Å². The van der Waals surface area contributed by atoms with Gasteiger partial charge in [0.2, 0.25) is 0 Å². The number of aliphatic carboxylic acids is 1. The SMILES string of the molecule is Cc1ccc(-n2ncc(/C=C/C(=O)O)c2C)cc1Cl. The van der Waals surface area contributed by atoms with Gasteiger partial charge in [0.1, 0.15) is 0 Å². The number of carboxylic acid groups (broad SMARTS) is 1. The van der Waals surface area contributed by atoms with Crippen LogP contribution >= 0.6 is 11.6 Å². The molecule has 4 nitrogen and oxygen atoms in total. The summed E-state index contributed by atoms with van der Waals surface area (Å²) in [6.07, 6.45) is 4.25. The average molecular weight is 277 g/mol. The van der Waals surface area contributed by atoms with Crippen LogP contribution in [0, 0.1) is 13.8 Å². The lowest BCUT2D eigenvalue weighted by molar-refractivity contribution is -0.131. The van der Waals surface area contributed by atoms with Crippen LogP contribution in [0.3, 0.4) is 0 Å². The van der Waals surface area contributed by atoms with E-state index < -0.39 is 5.97 Å². The van der Waals surface area contributed by atoms with E-state index in [1.54, 1.807) is 10.9 Å². The van der Waals surface area contributed by atoms with Crippen molar-refractivity contribution in [2.75, 3.05) is 0 Å². The molecule has 0 atom stereocenters. The number of nitrogens with zero attached hydrogens (tertiary/aromatic N) is 2. The molecule has 1 aromatic carbocycles. The number of halogens is 1. The maximum absolute atomic E-state index is 10.5. The Labute approximate surface area is 115 Å². The fourth-order valence-electron chi connectivity index (χ4n) is 1.72. The fraction of sp³-hybridized carbons (Fsp3) is 0.143. The summed E-state index contributed by atoms with van der Waals surface area (Å²) >= 11 is 6.09. The van der Waals surface area contributed by atoms with Crippen LogP contribution in [0.5, 0.6) is 0 Å². The van der Waals surface area contributed by atoms with Crippen molar-refractivity contribution in [1.82, 2.24) is 9.78 Å². The van der Waals surface area contributed by atoms with Crippen LogP contribution in [0.1, 0.15) is 16.8 Å². The van der Waals surface area contributed by atoms with Crippen molar-refractivity contribution < 1.29 is 9.90 Å². The average Bonchev–Trinajstić information content (AvgIpc) is 2.72. The Bertz CT molecular complexity index is 659. The summed E-state index contributed by atoms with van der Waals surface area (Å²) in [5.41, 5.74) is 3.47. The number of benzene rings is 1. The summed E-state index contributed by atoms with van der Waals surface area (Å²) in [5.74, 6) is -0.981. The molecule has 0 aliphatic carbocycles. The minimum absolute atomic E-state index is 0.676. The molecule has 19 heavy (non-hydrogen) atoms. The number of carbonyl (C=O) groups is 1. The van der Waals surface area contributed by atoms with E-state index in [9.17, 15) is 4.79 Å². The van der Waals surface area contributed by atoms with Crippen LogP contribution in [0.15, 0.2) is 30.5 Å². The third kappa shape index (κ3) is 2.85. The lowest BCUT2D eigenvalue weighted by Gasteiger charge is -2.06. The van der Waals surface area contributed by atoms with Crippen molar-refractivity contribution in [3.05, 3.63) is 52.3 Å². The first-order valence-electron chi connectivity index (χ1n) is 5.71. The standard InChI is InChI=1S/C14H13ClN2O2/c1-9-3-5-12(7-13(9)15)17-10(2)11(8-16-17)4-6-14(18)19/h3-8H,1-2H3,(H,18,19)/b6-4+. The minimum Gasteiger partial charge on any atom is -0.478 e. The number of rotatable bonds is 3. The molecule has 0 amide bonds. The van der Waals surface area contributed by atoms with Crippen LogP contribution in [-0.4, -0.2) is 20.9 Å². The number of aromatic nitrogens is 2. The maximum Gasteiger partial charge on any atom is 0.328 e. The van der Waals surface area contributed by atoms with E-state index >= 15 is 0 Å². The van der Waals surface area contributed by atoms with Crippen LogP contribution in [0.25, 0.3) is 11.8 Å². The summed E-state index contributed by atoms with van der Waals surface area (Å²) < 4.78 is 1.73. The first kappa shape index (κ1) is 13.4. The highest BCUT2D eigenvalue weighted by Crippen LogP contribution is 2.21. The molecule has 2 aromatic rings. The highest BCUT2D eigenvalue weighted by molar-refractivity contribution is 6.31. The van der Waals surface area contributed by atoms with Crippen molar-refractivity contribution >= 4 is 23.6 Å². The van der Waals surface area contributed by atoms with Gasteiger partial charge in [0.25, 0.3) is 0 Å². The molecular weight excluding hydrogens is 264 g/mol. The zero-order valence-corrected chi connectivity index (χ0v) is 11.3. The van der Waals surface area contributed by atoms with Gasteiger partial charge in [-0.1, -0.05) is 17.7 Å². The van der Waals surface area contributed by atoms with Crippen LogP contribution < -0.4 is 0 Å². The second-order valence-electron chi connectivity index (χ2n) is 4.20. The zero-order chi connectivity index (χ0) is 14.0. The zero-order valence-electron chi connectivity index (χ0n) is 10.6. The van der Waals surface area contributed by atoms with Crippen LogP contribution in [0.4, 0.5) is 0 Å². The van der Waals surface area contributed by atoms with Crippen molar-refractivity contribution in [3.8, 4) is 5.69 Å². The Morgan fingerprint density at radius 1 is 1.42 bits per heavy atom. The molecule has 0 bridgehead atoms.